The number of ether oxygens (including phenoxy) is 1. The third-order valence-electron chi connectivity index (χ3n) is 2.85. The Balaban J connectivity index is 3.12. The van der Waals surface area contributed by atoms with Gasteiger partial charge in [0.15, 0.2) is 0 Å². The van der Waals surface area contributed by atoms with Gasteiger partial charge in [0.05, 0.1) is 23.1 Å². The molecule has 0 aromatic heterocycles. The molecule has 0 amide bonds. The molecule has 0 aliphatic heterocycles. The van der Waals surface area contributed by atoms with E-state index >= 15 is 0 Å². The van der Waals surface area contributed by atoms with Crippen molar-refractivity contribution in [1.82, 2.24) is 4.31 Å². The second-order valence-electron chi connectivity index (χ2n) is 4.08. The van der Waals surface area contributed by atoms with E-state index in [1.807, 2.05) is 6.07 Å². The molecule has 0 radical (unpaired) electrons. The molecule has 104 valence electrons. The van der Waals surface area contributed by atoms with Gasteiger partial charge in [-0.2, -0.15) is 9.57 Å². The predicted molar refractivity (Wildman–Crippen MR) is 72.2 cm³/mol. The summed E-state index contributed by atoms with van der Waals surface area (Å²) in [5, 5.41) is 8.86. The number of likely N-dealkylation sites (N-methyl/N-ethyl adjacent to an activating group) is 1. The number of aryl methyl sites for hydroxylation is 1. The number of methoxy groups -OCH3 is 1. The third kappa shape index (κ3) is 3.53. The van der Waals surface area contributed by atoms with Crippen molar-refractivity contribution in [3.8, 4) is 6.07 Å². The highest BCUT2D eigenvalue weighted by atomic mass is 32.2. The molecule has 6 heteroatoms. The Morgan fingerprint density at radius 2 is 2.11 bits per heavy atom. The van der Waals surface area contributed by atoms with E-state index in [1.54, 1.807) is 13.8 Å². The summed E-state index contributed by atoms with van der Waals surface area (Å²) in [7, 11) is -1.99. The lowest BCUT2D eigenvalue weighted by atomic mass is 10.1. The largest absolute Gasteiger partial charge is 0.383 e. The first-order valence-corrected chi connectivity index (χ1v) is 7.41. The van der Waals surface area contributed by atoms with E-state index in [9.17, 15) is 8.42 Å². The number of hydrogen-bond acceptors (Lipinski definition) is 4. The van der Waals surface area contributed by atoms with Crippen LogP contribution in [-0.4, -0.2) is 39.5 Å². The normalized spacial score (nSPS) is 11.5. The fraction of sp³-hybridized carbons (Fsp3) is 0.462. The van der Waals surface area contributed by atoms with Gasteiger partial charge in [0, 0.05) is 20.2 Å². The highest BCUT2D eigenvalue weighted by Crippen LogP contribution is 2.18. The molecule has 0 atom stereocenters. The summed E-state index contributed by atoms with van der Waals surface area (Å²) < 4.78 is 31.1. The fourth-order valence-corrected chi connectivity index (χ4v) is 3.23. The molecule has 1 aromatic rings. The number of nitriles is 1. The molecule has 1 aromatic carbocycles. The molecule has 0 aliphatic carbocycles. The molecule has 19 heavy (non-hydrogen) atoms. The van der Waals surface area contributed by atoms with Crippen molar-refractivity contribution in [3.05, 3.63) is 29.3 Å². The van der Waals surface area contributed by atoms with Gasteiger partial charge in [0.2, 0.25) is 10.0 Å². The zero-order valence-corrected chi connectivity index (χ0v) is 12.2. The lowest BCUT2D eigenvalue weighted by Gasteiger charge is -2.20. The van der Waals surface area contributed by atoms with Crippen molar-refractivity contribution in [2.75, 3.05) is 26.8 Å². The van der Waals surface area contributed by atoms with Gasteiger partial charge < -0.3 is 4.74 Å². The van der Waals surface area contributed by atoms with Gasteiger partial charge in [-0.15, -0.1) is 0 Å². The fourth-order valence-electron chi connectivity index (χ4n) is 1.71. The molecule has 0 spiro atoms. The SMILES string of the molecule is CCN(CCOC)S(=O)(=O)c1ccc(C#N)c(C)c1. The van der Waals surface area contributed by atoms with Gasteiger partial charge in [-0.3, -0.25) is 0 Å². The van der Waals surface area contributed by atoms with Gasteiger partial charge in [-0.1, -0.05) is 6.92 Å². The van der Waals surface area contributed by atoms with Gasteiger partial charge in [-0.25, -0.2) is 8.42 Å². The smallest absolute Gasteiger partial charge is 0.243 e. The molecule has 5 nitrogen and oxygen atoms in total. The van der Waals surface area contributed by atoms with Crippen molar-refractivity contribution in [2.24, 2.45) is 0 Å². The number of sulfonamides is 1. The minimum atomic E-state index is -3.53. The Bertz CT molecular complexity index is 576. The molecule has 0 heterocycles. The monoisotopic (exact) mass is 282 g/mol. The maximum Gasteiger partial charge on any atom is 0.243 e. The first-order chi connectivity index (χ1) is 8.97. The second-order valence-corrected chi connectivity index (χ2v) is 6.02. The van der Waals surface area contributed by atoms with E-state index in [1.165, 1.54) is 29.6 Å². The molecule has 0 unspecified atom stereocenters. The van der Waals surface area contributed by atoms with Crippen molar-refractivity contribution >= 4 is 10.0 Å². The molecule has 0 fully saturated rings. The Labute approximate surface area is 114 Å². The van der Waals surface area contributed by atoms with E-state index < -0.39 is 10.0 Å². The molecule has 0 saturated carbocycles. The minimum absolute atomic E-state index is 0.210. The van der Waals surface area contributed by atoms with E-state index in [4.69, 9.17) is 10.00 Å². The third-order valence-corrected chi connectivity index (χ3v) is 4.82. The average molecular weight is 282 g/mol. The highest BCUT2D eigenvalue weighted by Gasteiger charge is 2.23. The van der Waals surface area contributed by atoms with Crippen molar-refractivity contribution in [1.29, 1.82) is 5.26 Å². The molecule has 0 saturated heterocycles. The topological polar surface area (TPSA) is 70.4 Å². The van der Waals surface area contributed by atoms with Crippen LogP contribution >= 0.6 is 0 Å². The van der Waals surface area contributed by atoms with Crippen LogP contribution in [0.1, 0.15) is 18.1 Å². The Morgan fingerprint density at radius 1 is 1.42 bits per heavy atom. The summed E-state index contributed by atoms with van der Waals surface area (Å²) in [5.41, 5.74) is 1.14. The van der Waals surface area contributed by atoms with E-state index in [0.717, 1.165) is 0 Å². The van der Waals surface area contributed by atoms with E-state index in [2.05, 4.69) is 0 Å². The molecule has 1 rings (SSSR count). The lowest BCUT2D eigenvalue weighted by molar-refractivity contribution is 0.180. The van der Waals surface area contributed by atoms with Gasteiger partial charge in [-0.05, 0) is 30.7 Å². The minimum Gasteiger partial charge on any atom is -0.383 e. The molecule has 0 bridgehead atoms. The van der Waals surface area contributed by atoms with E-state index in [0.29, 0.717) is 30.8 Å². The van der Waals surface area contributed by atoms with Crippen LogP contribution in [0, 0.1) is 18.3 Å². The van der Waals surface area contributed by atoms with Crippen LogP contribution in [0.5, 0.6) is 0 Å². The standard InChI is InChI=1S/C13H18N2O3S/c1-4-15(7-8-18-3)19(16,17)13-6-5-12(10-14)11(2)9-13/h5-6,9H,4,7-8H2,1-3H3. The second kappa shape index (κ2) is 6.66. The summed E-state index contributed by atoms with van der Waals surface area (Å²) in [6.45, 7) is 4.55. The van der Waals surface area contributed by atoms with Gasteiger partial charge >= 0.3 is 0 Å². The summed E-state index contributed by atoms with van der Waals surface area (Å²) in [4.78, 5) is 0.210. The van der Waals surface area contributed by atoms with Crippen LogP contribution in [-0.2, 0) is 14.8 Å². The molecular weight excluding hydrogens is 264 g/mol. The number of hydrogen-bond donors (Lipinski definition) is 0. The van der Waals surface area contributed by atoms with Crippen molar-refractivity contribution < 1.29 is 13.2 Å². The van der Waals surface area contributed by atoms with Crippen molar-refractivity contribution in [3.63, 3.8) is 0 Å². The maximum absolute atomic E-state index is 12.4. The van der Waals surface area contributed by atoms with Crippen LogP contribution in [0.3, 0.4) is 0 Å². The van der Waals surface area contributed by atoms with Crippen molar-refractivity contribution in [2.45, 2.75) is 18.7 Å². The molecule has 0 N–H and O–H groups in total. The molecular formula is C13H18N2O3S. The van der Waals surface area contributed by atoms with Gasteiger partial charge in [0.1, 0.15) is 0 Å². The zero-order valence-electron chi connectivity index (χ0n) is 11.4. The van der Waals surface area contributed by atoms with Crippen LogP contribution < -0.4 is 0 Å². The Hall–Kier alpha value is -1.42. The number of nitrogens with zero attached hydrogens (tertiary/aromatic N) is 2. The Morgan fingerprint density at radius 3 is 2.58 bits per heavy atom. The summed E-state index contributed by atoms with van der Waals surface area (Å²) in [6, 6.07) is 6.56. The quantitative estimate of drug-likeness (QED) is 0.793. The Kier molecular flexibility index (Phi) is 5.48. The zero-order chi connectivity index (χ0) is 14.5. The summed E-state index contributed by atoms with van der Waals surface area (Å²) in [5.74, 6) is 0. The summed E-state index contributed by atoms with van der Waals surface area (Å²) in [6.07, 6.45) is 0. The first-order valence-electron chi connectivity index (χ1n) is 5.97. The van der Waals surface area contributed by atoms with Crippen LogP contribution in [0.15, 0.2) is 23.1 Å². The van der Waals surface area contributed by atoms with Gasteiger partial charge in [0.25, 0.3) is 0 Å². The first kappa shape index (κ1) is 15.6. The van der Waals surface area contributed by atoms with E-state index in [-0.39, 0.29) is 4.90 Å². The molecule has 0 aliphatic rings. The highest BCUT2D eigenvalue weighted by molar-refractivity contribution is 7.89. The number of rotatable bonds is 6. The average Bonchev–Trinajstić information content (AvgIpc) is 2.39. The maximum atomic E-state index is 12.4. The van der Waals surface area contributed by atoms with Crippen LogP contribution in [0.2, 0.25) is 0 Å². The van der Waals surface area contributed by atoms with Crippen LogP contribution in [0.25, 0.3) is 0 Å². The predicted octanol–water partition coefficient (Wildman–Crippen LogP) is 1.52. The summed E-state index contributed by atoms with van der Waals surface area (Å²) >= 11 is 0. The lowest BCUT2D eigenvalue weighted by Crippen LogP contribution is -2.33. The van der Waals surface area contributed by atoms with Crippen LogP contribution in [0.4, 0.5) is 0 Å². The number of benzene rings is 1.